The number of carboxylic acids is 1. The summed E-state index contributed by atoms with van der Waals surface area (Å²) in [5.41, 5.74) is 0.670. The maximum absolute atomic E-state index is 11.8. The Morgan fingerprint density at radius 1 is 1.76 bits per heavy atom. The van der Waals surface area contributed by atoms with Crippen LogP contribution in [0.15, 0.2) is 9.72 Å². The monoisotopic (exact) mass is 274 g/mol. The Morgan fingerprint density at radius 2 is 2.41 bits per heavy atom. The van der Waals surface area contributed by atoms with Crippen molar-refractivity contribution >= 4 is 27.3 Å². The van der Waals surface area contributed by atoms with Gasteiger partial charge in [-0.1, -0.05) is 12.8 Å². The van der Waals surface area contributed by atoms with Gasteiger partial charge in [-0.05, 0) is 6.42 Å². The molecule has 0 aliphatic rings. The topological polar surface area (TPSA) is 96.4 Å². The van der Waals surface area contributed by atoms with Crippen molar-refractivity contribution in [1.82, 2.24) is 9.71 Å². The van der Waals surface area contributed by atoms with Crippen LogP contribution >= 0.6 is 11.3 Å². The van der Waals surface area contributed by atoms with Crippen LogP contribution in [0.3, 0.4) is 0 Å². The fourth-order valence-electron chi connectivity index (χ4n) is 1.04. The standard InChI is InChI=1S/C9H10N2O4S2/c1-3-6(4-2)11-17(14,15)9-7(8(12)13)10-5-16-9/h1,5-6,11H,4H2,2H3,(H,12,13). The first-order valence-electron chi connectivity index (χ1n) is 4.57. The van der Waals surface area contributed by atoms with E-state index < -0.39 is 27.7 Å². The van der Waals surface area contributed by atoms with Gasteiger partial charge in [0.05, 0.1) is 11.6 Å². The van der Waals surface area contributed by atoms with Gasteiger partial charge in [-0.25, -0.2) is 18.2 Å². The molecular formula is C9H10N2O4S2. The summed E-state index contributed by atoms with van der Waals surface area (Å²) >= 11 is 0.737. The number of aromatic carboxylic acids is 1. The molecule has 1 rings (SSSR count). The lowest BCUT2D eigenvalue weighted by Gasteiger charge is -2.10. The second-order valence-corrected chi connectivity index (χ2v) is 5.81. The van der Waals surface area contributed by atoms with Crippen LogP contribution in [0.4, 0.5) is 0 Å². The van der Waals surface area contributed by atoms with Gasteiger partial charge in [0.1, 0.15) is 0 Å². The first kappa shape index (κ1) is 13.6. The van der Waals surface area contributed by atoms with Crippen molar-refractivity contribution in [2.75, 3.05) is 0 Å². The molecule has 0 radical (unpaired) electrons. The molecule has 1 atom stereocenters. The van der Waals surface area contributed by atoms with E-state index in [9.17, 15) is 13.2 Å². The van der Waals surface area contributed by atoms with E-state index in [1.807, 2.05) is 0 Å². The predicted molar refractivity (Wildman–Crippen MR) is 62.3 cm³/mol. The number of hydrogen-bond acceptors (Lipinski definition) is 5. The summed E-state index contributed by atoms with van der Waals surface area (Å²) in [7, 11) is -3.93. The lowest BCUT2D eigenvalue weighted by Crippen LogP contribution is -2.33. The molecule has 0 saturated heterocycles. The largest absolute Gasteiger partial charge is 0.476 e. The fourth-order valence-corrected chi connectivity index (χ4v) is 3.44. The summed E-state index contributed by atoms with van der Waals surface area (Å²) in [5, 5.41) is 8.78. The summed E-state index contributed by atoms with van der Waals surface area (Å²) in [5.74, 6) is 0.876. The third-order valence-corrected chi connectivity index (χ3v) is 4.73. The number of terminal acetylenes is 1. The normalized spacial score (nSPS) is 12.9. The summed E-state index contributed by atoms with van der Waals surface area (Å²) < 4.78 is 25.6. The quantitative estimate of drug-likeness (QED) is 0.763. The van der Waals surface area contributed by atoms with Crippen LogP contribution in [0.2, 0.25) is 0 Å². The minimum Gasteiger partial charge on any atom is -0.476 e. The fraction of sp³-hybridized carbons (Fsp3) is 0.333. The van der Waals surface area contributed by atoms with Crippen molar-refractivity contribution in [2.45, 2.75) is 23.6 Å². The Balaban J connectivity index is 3.10. The van der Waals surface area contributed by atoms with E-state index in [0.717, 1.165) is 16.8 Å². The van der Waals surface area contributed by atoms with Crippen LogP contribution in [-0.2, 0) is 10.0 Å². The Kier molecular flexibility index (Phi) is 4.22. The predicted octanol–water partition coefficient (Wildman–Crippen LogP) is 0.531. The van der Waals surface area contributed by atoms with Gasteiger partial charge in [-0.2, -0.15) is 4.72 Å². The first-order valence-corrected chi connectivity index (χ1v) is 6.94. The first-order chi connectivity index (χ1) is 7.92. The van der Waals surface area contributed by atoms with Crippen LogP contribution in [0, 0.1) is 12.3 Å². The lowest BCUT2D eigenvalue weighted by atomic mass is 10.3. The molecule has 0 amide bonds. The van der Waals surface area contributed by atoms with Gasteiger partial charge in [-0.3, -0.25) is 0 Å². The second kappa shape index (κ2) is 5.27. The molecule has 1 aromatic rings. The van der Waals surface area contributed by atoms with Gasteiger partial charge in [0.25, 0.3) is 10.0 Å². The van der Waals surface area contributed by atoms with E-state index >= 15 is 0 Å². The van der Waals surface area contributed by atoms with Crippen molar-refractivity contribution in [3.63, 3.8) is 0 Å². The average molecular weight is 274 g/mol. The second-order valence-electron chi connectivity index (χ2n) is 3.04. The highest BCUT2D eigenvalue weighted by Gasteiger charge is 2.27. The summed E-state index contributed by atoms with van der Waals surface area (Å²) in [6.45, 7) is 1.72. The molecule has 0 aromatic carbocycles. The number of nitrogens with one attached hydrogen (secondary N) is 1. The lowest BCUT2D eigenvalue weighted by molar-refractivity contribution is 0.0687. The highest BCUT2D eigenvalue weighted by atomic mass is 32.2. The zero-order chi connectivity index (χ0) is 13.1. The molecule has 0 spiro atoms. The van der Waals surface area contributed by atoms with Crippen LogP contribution in [0.5, 0.6) is 0 Å². The van der Waals surface area contributed by atoms with Crippen LogP contribution in [0.1, 0.15) is 23.8 Å². The molecule has 0 aliphatic carbocycles. The third kappa shape index (κ3) is 3.03. The number of rotatable bonds is 5. The SMILES string of the molecule is C#CC(CC)NS(=O)(=O)c1scnc1C(=O)O. The highest BCUT2D eigenvalue weighted by molar-refractivity contribution is 7.91. The zero-order valence-corrected chi connectivity index (χ0v) is 10.5. The van der Waals surface area contributed by atoms with E-state index in [-0.39, 0.29) is 4.21 Å². The summed E-state index contributed by atoms with van der Waals surface area (Å²) in [6, 6.07) is -0.663. The van der Waals surface area contributed by atoms with Crippen molar-refractivity contribution in [3.05, 3.63) is 11.2 Å². The van der Waals surface area contributed by atoms with Gasteiger partial charge in [-0.15, -0.1) is 17.8 Å². The third-order valence-electron chi connectivity index (χ3n) is 1.89. The maximum Gasteiger partial charge on any atom is 0.356 e. The molecule has 6 nitrogen and oxygen atoms in total. The summed E-state index contributed by atoms with van der Waals surface area (Å²) in [6.07, 6.45) is 5.55. The van der Waals surface area contributed by atoms with Gasteiger partial charge in [0.2, 0.25) is 0 Å². The van der Waals surface area contributed by atoms with Gasteiger partial charge >= 0.3 is 5.97 Å². The number of hydrogen-bond donors (Lipinski definition) is 2. The molecule has 0 bridgehead atoms. The molecule has 8 heteroatoms. The Hall–Kier alpha value is -1.43. The van der Waals surface area contributed by atoms with Gasteiger partial charge in [0, 0.05) is 0 Å². The Labute approximate surface area is 103 Å². The Bertz CT molecular complexity index is 556. The smallest absolute Gasteiger partial charge is 0.356 e. The molecule has 0 aliphatic heterocycles. The molecular weight excluding hydrogens is 264 g/mol. The molecule has 1 aromatic heterocycles. The molecule has 1 heterocycles. The van der Waals surface area contributed by atoms with E-state index in [2.05, 4.69) is 15.6 Å². The number of carbonyl (C=O) groups is 1. The molecule has 92 valence electrons. The van der Waals surface area contributed by atoms with E-state index in [1.165, 1.54) is 0 Å². The zero-order valence-electron chi connectivity index (χ0n) is 8.87. The van der Waals surface area contributed by atoms with Crippen LogP contribution in [-0.4, -0.2) is 30.5 Å². The number of nitrogens with zero attached hydrogens (tertiary/aromatic N) is 1. The van der Waals surface area contributed by atoms with Crippen molar-refractivity contribution in [1.29, 1.82) is 0 Å². The van der Waals surface area contributed by atoms with Crippen molar-refractivity contribution < 1.29 is 18.3 Å². The van der Waals surface area contributed by atoms with Gasteiger partial charge < -0.3 is 5.11 Å². The number of sulfonamides is 1. The minimum atomic E-state index is -3.93. The molecule has 17 heavy (non-hydrogen) atoms. The minimum absolute atomic E-state index is 0.335. The molecule has 2 N–H and O–H groups in total. The van der Waals surface area contributed by atoms with Crippen LogP contribution < -0.4 is 4.72 Å². The number of aromatic nitrogens is 1. The van der Waals surface area contributed by atoms with E-state index in [4.69, 9.17) is 11.5 Å². The van der Waals surface area contributed by atoms with E-state index in [0.29, 0.717) is 6.42 Å². The van der Waals surface area contributed by atoms with Crippen molar-refractivity contribution in [2.24, 2.45) is 0 Å². The maximum atomic E-state index is 11.8. The highest BCUT2D eigenvalue weighted by Crippen LogP contribution is 2.20. The van der Waals surface area contributed by atoms with Gasteiger partial charge in [0.15, 0.2) is 9.90 Å². The summed E-state index contributed by atoms with van der Waals surface area (Å²) in [4.78, 5) is 14.3. The number of thiazole rings is 1. The van der Waals surface area contributed by atoms with Crippen LogP contribution in [0.25, 0.3) is 0 Å². The Morgan fingerprint density at radius 3 is 2.88 bits per heavy atom. The molecule has 1 unspecified atom stereocenters. The number of carboxylic acid groups (broad SMARTS) is 1. The van der Waals surface area contributed by atoms with Crippen molar-refractivity contribution in [3.8, 4) is 12.3 Å². The molecule has 0 fully saturated rings. The average Bonchev–Trinajstić information content (AvgIpc) is 2.75. The molecule has 0 saturated carbocycles. The van der Waals surface area contributed by atoms with E-state index in [1.54, 1.807) is 6.92 Å².